The molecule has 1 aromatic carbocycles. The van der Waals surface area contributed by atoms with E-state index in [-0.39, 0.29) is 22.6 Å². The molecule has 3 N–H and O–H groups in total. The van der Waals surface area contributed by atoms with Gasteiger partial charge >= 0.3 is 0 Å². The topological polar surface area (TPSA) is 68.0 Å². The molecule has 0 radical (unpaired) electrons. The second-order valence-electron chi connectivity index (χ2n) is 4.66. The maximum atomic E-state index is 13.7. The molecule has 110 valence electrons. The van der Waals surface area contributed by atoms with Crippen LogP contribution in [-0.2, 0) is 6.42 Å². The van der Waals surface area contributed by atoms with Crippen LogP contribution in [0.2, 0.25) is 0 Å². The number of anilines is 2. The van der Waals surface area contributed by atoms with Crippen molar-refractivity contribution in [3.8, 4) is 0 Å². The fraction of sp³-hybridized carbons (Fsp3) is 0.200. The van der Waals surface area contributed by atoms with Crippen LogP contribution in [0.15, 0.2) is 24.3 Å². The lowest BCUT2D eigenvalue weighted by molar-refractivity contribution is 0.102. The van der Waals surface area contributed by atoms with Gasteiger partial charge in [0.25, 0.3) is 5.91 Å². The van der Waals surface area contributed by atoms with Crippen LogP contribution in [-0.4, -0.2) is 10.9 Å². The van der Waals surface area contributed by atoms with Gasteiger partial charge in [0.15, 0.2) is 0 Å². The van der Waals surface area contributed by atoms with Crippen LogP contribution < -0.4 is 11.1 Å². The molecule has 2 aromatic rings. The van der Waals surface area contributed by atoms with Gasteiger partial charge in [-0.1, -0.05) is 6.92 Å². The Morgan fingerprint density at radius 2 is 1.95 bits per heavy atom. The minimum Gasteiger partial charge on any atom is -0.384 e. The number of carbonyl (C=O) groups is 1. The highest BCUT2D eigenvalue weighted by molar-refractivity contribution is 6.04. The van der Waals surface area contributed by atoms with Crippen molar-refractivity contribution in [1.82, 2.24) is 4.98 Å². The first-order chi connectivity index (χ1) is 9.90. The molecule has 0 spiro atoms. The van der Waals surface area contributed by atoms with E-state index in [9.17, 15) is 13.6 Å². The molecule has 0 unspecified atom stereocenters. The van der Waals surface area contributed by atoms with Crippen molar-refractivity contribution in [3.05, 3.63) is 52.7 Å². The number of nitrogens with zero attached hydrogens (tertiary/aromatic N) is 1. The maximum absolute atomic E-state index is 13.7. The number of halogens is 2. The summed E-state index contributed by atoms with van der Waals surface area (Å²) in [5.41, 5.74) is 6.47. The Morgan fingerprint density at radius 1 is 1.24 bits per heavy atom. The van der Waals surface area contributed by atoms with Crippen molar-refractivity contribution in [2.75, 3.05) is 11.1 Å². The van der Waals surface area contributed by atoms with Crippen LogP contribution >= 0.6 is 0 Å². The van der Waals surface area contributed by atoms with Gasteiger partial charge < -0.3 is 11.1 Å². The van der Waals surface area contributed by atoms with Crippen LogP contribution in [0.25, 0.3) is 0 Å². The average Bonchev–Trinajstić information content (AvgIpc) is 2.43. The van der Waals surface area contributed by atoms with Crippen LogP contribution in [0, 0.1) is 18.6 Å². The van der Waals surface area contributed by atoms with Crippen molar-refractivity contribution in [1.29, 1.82) is 0 Å². The maximum Gasteiger partial charge on any atom is 0.255 e. The van der Waals surface area contributed by atoms with E-state index in [2.05, 4.69) is 10.3 Å². The zero-order valence-electron chi connectivity index (χ0n) is 11.7. The first-order valence-electron chi connectivity index (χ1n) is 6.44. The molecular formula is C15H15F2N3O. The number of aromatic nitrogens is 1. The fourth-order valence-electron chi connectivity index (χ4n) is 1.86. The Labute approximate surface area is 121 Å². The SMILES string of the molecule is CCc1cc(C(=O)Nc2cc(F)c(C)cc2F)cc(N)n1. The van der Waals surface area contributed by atoms with E-state index in [1.807, 2.05) is 6.92 Å². The van der Waals surface area contributed by atoms with Crippen LogP contribution in [0.5, 0.6) is 0 Å². The summed E-state index contributed by atoms with van der Waals surface area (Å²) in [5.74, 6) is -1.65. The summed E-state index contributed by atoms with van der Waals surface area (Å²) in [7, 11) is 0. The Hall–Kier alpha value is -2.50. The Kier molecular flexibility index (Phi) is 4.16. The summed E-state index contributed by atoms with van der Waals surface area (Å²) in [6.07, 6.45) is 0.610. The number of aryl methyl sites for hydroxylation is 2. The molecule has 0 bridgehead atoms. The normalized spacial score (nSPS) is 10.5. The second kappa shape index (κ2) is 5.87. The molecule has 1 heterocycles. The zero-order chi connectivity index (χ0) is 15.6. The summed E-state index contributed by atoms with van der Waals surface area (Å²) in [4.78, 5) is 16.1. The Balaban J connectivity index is 2.30. The molecule has 1 aromatic heterocycles. The number of pyridine rings is 1. The van der Waals surface area contributed by atoms with Gasteiger partial charge in [0.05, 0.1) is 5.69 Å². The smallest absolute Gasteiger partial charge is 0.255 e. The summed E-state index contributed by atoms with van der Waals surface area (Å²) in [6, 6.07) is 4.93. The first kappa shape index (κ1) is 14.9. The third kappa shape index (κ3) is 3.34. The number of carbonyl (C=O) groups excluding carboxylic acids is 1. The number of hydrogen-bond donors (Lipinski definition) is 2. The quantitative estimate of drug-likeness (QED) is 0.913. The van der Waals surface area contributed by atoms with Crippen molar-refractivity contribution < 1.29 is 13.6 Å². The van der Waals surface area contributed by atoms with E-state index >= 15 is 0 Å². The van der Waals surface area contributed by atoms with Gasteiger partial charge in [-0.15, -0.1) is 0 Å². The molecule has 21 heavy (non-hydrogen) atoms. The van der Waals surface area contributed by atoms with Gasteiger partial charge in [0, 0.05) is 17.3 Å². The molecule has 2 rings (SSSR count). The van der Waals surface area contributed by atoms with Crippen molar-refractivity contribution in [3.63, 3.8) is 0 Å². The summed E-state index contributed by atoms with van der Waals surface area (Å²) in [6.45, 7) is 3.32. The minimum absolute atomic E-state index is 0.173. The number of amides is 1. The predicted molar refractivity (Wildman–Crippen MR) is 77.1 cm³/mol. The highest BCUT2D eigenvalue weighted by Gasteiger charge is 2.13. The lowest BCUT2D eigenvalue weighted by atomic mass is 10.1. The summed E-state index contributed by atoms with van der Waals surface area (Å²) < 4.78 is 27.2. The Morgan fingerprint density at radius 3 is 2.62 bits per heavy atom. The van der Waals surface area contributed by atoms with Crippen molar-refractivity contribution in [2.45, 2.75) is 20.3 Å². The molecule has 0 atom stereocenters. The predicted octanol–water partition coefficient (Wildman–Crippen LogP) is 3.07. The fourth-order valence-corrected chi connectivity index (χ4v) is 1.86. The summed E-state index contributed by atoms with van der Waals surface area (Å²) in [5, 5.41) is 2.34. The van der Waals surface area contributed by atoms with E-state index in [1.165, 1.54) is 13.0 Å². The molecule has 0 aliphatic carbocycles. The van der Waals surface area contributed by atoms with Gasteiger partial charge in [0.2, 0.25) is 0 Å². The van der Waals surface area contributed by atoms with E-state index < -0.39 is 17.5 Å². The molecule has 0 saturated carbocycles. The summed E-state index contributed by atoms with van der Waals surface area (Å²) >= 11 is 0. The molecule has 4 nitrogen and oxygen atoms in total. The lowest BCUT2D eigenvalue weighted by Crippen LogP contribution is -2.15. The van der Waals surface area contributed by atoms with Crippen molar-refractivity contribution >= 4 is 17.4 Å². The van der Waals surface area contributed by atoms with E-state index in [0.29, 0.717) is 12.1 Å². The third-order valence-corrected chi connectivity index (χ3v) is 3.02. The van der Waals surface area contributed by atoms with Crippen LogP contribution in [0.1, 0.15) is 28.5 Å². The third-order valence-electron chi connectivity index (χ3n) is 3.02. The minimum atomic E-state index is -0.694. The van der Waals surface area contributed by atoms with Crippen LogP contribution in [0.4, 0.5) is 20.3 Å². The molecule has 1 amide bonds. The number of hydrogen-bond acceptors (Lipinski definition) is 3. The van der Waals surface area contributed by atoms with Gasteiger partial charge in [-0.2, -0.15) is 0 Å². The molecule has 0 aliphatic rings. The largest absolute Gasteiger partial charge is 0.384 e. The standard InChI is InChI=1S/C15H15F2N3O/c1-3-10-5-9(6-14(18)19-10)15(21)20-13-7-11(16)8(2)4-12(13)17/h4-7H,3H2,1-2H3,(H2,18,19)(H,20,21). The second-order valence-corrected chi connectivity index (χ2v) is 4.66. The molecule has 6 heteroatoms. The molecule has 0 fully saturated rings. The van der Waals surface area contributed by atoms with Crippen molar-refractivity contribution in [2.24, 2.45) is 0 Å². The monoisotopic (exact) mass is 291 g/mol. The highest BCUT2D eigenvalue weighted by atomic mass is 19.1. The van der Waals surface area contributed by atoms with E-state index in [1.54, 1.807) is 6.07 Å². The first-order valence-corrected chi connectivity index (χ1v) is 6.44. The van der Waals surface area contributed by atoms with Gasteiger partial charge in [-0.05, 0) is 37.1 Å². The van der Waals surface area contributed by atoms with Gasteiger partial charge in [-0.3, -0.25) is 4.79 Å². The molecule has 0 saturated heterocycles. The van der Waals surface area contributed by atoms with Gasteiger partial charge in [0.1, 0.15) is 17.5 Å². The number of nitrogens with one attached hydrogen (secondary N) is 1. The van der Waals surface area contributed by atoms with Crippen LogP contribution in [0.3, 0.4) is 0 Å². The number of benzene rings is 1. The molecular weight excluding hydrogens is 276 g/mol. The molecule has 0 aliphatic heterocycles. The average molecular weight is 291 g/mol. The van der Waals surface area contributed by atoms with E-state index in [4.69, 9.17) is 5.73 Å². The Bertz CT molecular complexity index is 702. The number of nitrogen functional groups attached to an aromatic ring is 1. The van der Waals surface area contributed by atoms with E-state index in [0.717, 1.165) is 12.1 Å². The van der Waals surface area contributed by atoms with Gasteiger partial charge in [-0.25, -0.2) is 13.8 Å². The highest BCUT2D eigenvalue weighted by Crippen LogP contribution is 2.20. The number of rotatable bonds is 3. The number of nitrogens with two attached hydrogens (primary N) is 1. The zero-order valence-corrected chi connectivity index (χ0v) is 11.7. The lowest BCUT2D eigenvalue weighted by Gasteiger charge is -2.09.